The number of benzene rings is 2. The Balaban J connectivity index is 2.00. The zero-order chi connectivity index (χ0) is 21.8. The molecule has 0 bridgehead atoms. The van der Waals surface area contributed by atoms with Crippen molar-refractivity contribution in [1.29, 1.82) is 0 Å². The lowest BCUT2D eigenvalue weighted by Gasteiger charge is -2.17. The van der Waals surface area contributed by atoms with E-state index in [0.717, 1.165) is 16.8 Å². The third kappa shape index (κ3) is 4.39. The minimum absolute atomic E-state index is 0.0272. The summed E-state index contributed by atoms with van der Waals surface area (Å²) in [6.07, 6.45) is 0.0272. The average molecular weight is 408 g/mol. The molecule has 0 radical (unpaired) electrons. The first kappa shape index (κ1) is 21.6. The van der Waals surface area contributed by atoms with Gasteiger partial charge < -0.3 is 14.8 Å². The Morgan fingerprint density at radius 3 is 2.33 bits per heavy atom. The van der Waals surface area contributed by atoms with E-state index in [-0.39, 0.29) is 30.2 Å². The molecule has 158 valence electrons. The van der Waals surface area contributed by atoms with Gasteiger partial charge in [-0.05, 0) is 62.6 Å². The zero-order valence-electron chi connectivity index (χ0n) is 18.1. The summed E-state index contributed by atoms with van der Waals surface area (Å²) < 4.78 is 10.8. The standard InChI is InChI=1S/C24H28N2O4/c1-15(2)30-14-13-26-23(27)21(18-9-11-19(29-5)12-10-18)22(24(26)28)25-20-8-6-7-16(3)17(20)4/h6-12,15,25H,13-14H2,1-5H3. The van der Waals surface area contributed by atoms with E-state index in [9.17, 15) is 9.59 Å². The van der Waals surface area contributed by atoms with E-state index in [1.165, 1.54) is 4.90 Å². The Hall–Kier alpha value is -3.12. The van der Waals surface area contributed by atoms with E-state index >= 15 is 0 Å². The number of nitrogens with one attached hydrogen (secondary N) is 1. The van der Waals surface area contributed by atoms with E-state index in [1.54, 1.807) is 31.4 Å². The number of methoxy groups -OCH3 is 1. The fourth-order valence-corrected chi connectivity index (χ4v) is 3.32. The van der Waals surface area contributed by atoms with Crippen molar-refractivity contribution in [3.05, 3.63) is 64.9 Å². The van der Waals surface area contributed by atoms with E-state index in [2.05, 4.69) is 5.32 Å². The molecule has 3 rings (SSSR count). The van der Waals surface area contributed by atoms with Crippen molar-refractivity contribution in [3.8, 4) is 5.75 Å². The quantitative estimate of drug-likeness (QED) is 0.671. The highest BCUT2D eigenvalue weighted by molar-refractivity contribution is 6.36. The van der Waals surface area contributed by atoms with Crippen LogP contribution in [0.3, 0.4) is 0 Å². The Kier molecular flexibility index (Phi) is 6.57. The van der Waals surface area contributed by atoms with Gasteiger partial charge in [0, 0.05) is 5.69 Å². The molecule has 0 atom stereocenters. The summed E-state index contributed by atoms with van der Waals surface area (Å²) in [5, 5.41) is 3.23. The van der Waals surface area contributed by atoms with Crippen LogP contribution in [0.2, 0.25) is 0 Å². The van der Waals surface area contributed by atoms with Crippen LogP contribution in [0.5, 0.6) is 5.75 Å². The molecular formula is C24H28N2O4. The summed E-state index contributed by atoms with van der Waals surface area (Å²) >= 11 is 0. The van der Waals surface area contributed by atoms with Crippen LogP contribution in [-0.4, -0.2) is 43.1 Å². The third-order valence-corrected chi connectivity index (χ3v) is 5.18. The predicted octanol–water partition coefficient (Wildman–Crippen LogP) is 3.93. The summed E-state index contributed by atoms with van der Waals surface area (Å²) in [6.45, 7) is 8.33. The first-order valence-electron chi connectivity index (χ1n) is 10.0. The van der Waals surface area contributed by atoms with E-state index in [0.29, 0.717) is 23.5 Å². The minimum Gasteiger partial charge on any atom is -0.497 e. The smallest absolute Gasteiger partial charge is 0.278 e. The van der Waals surface area contributed by atoms with Gasteiger partial charge >= 0.3 is 0 Å². The van der Waals surface area contributed by atoms with Crippen LogP contribution in [0.15, 0.2) is 48.2 Å². The molecule has 1 heterocycles. The number of amides is 2. The van der Waals surface area contributed by atoms with Crippen LogP contribution >= 0.6 is 0 Å². The summed E-state index contributed by atoms with van der Waals surface area (Å²) in [7, 11) is 1.59. The molecule has 0 spiro atoms. The maximum absolute atomic E-state index is 13.2. The van der Waals surface area contributed by atoms with E-state index in [4.69, 9.17) is 9.47 Å². The summed E-state index contributed by atoms with van der Waals surface area (Å²) in [5.74, 6) is 0.00626. The molecule has 2 aromatic rings. The van der Waals surface area contributed by atoms with Gasteiger partial charge in [-0.25, -0.2) is 0 Å². The van der Waals surface area contributed by atoms with Crippen molar-refractivity contribution in [2.24, 2.45) is 0 Å². The minimum atomic E-state index is -0.348. The summed E-state index contributed by atoms with van der Waals surface area (Å²) in [6, 6.07) is 13.0. The van der Waals surface area contributed by atoms with Crippen molar-refractivity contribution in [1.82, 2.24) is 4.90 Å². The van der Waals surface area contributed by atoms with Crippen molar-refractivity contribution in [2.45, 2.75) is 33.8 Å². The van der Waals surface area contributed by atoms with Crippen LogP contribution in [0, 0.1) is 13.8 Å². The Morgan fingerprint density at radius 2 is 1.70 bits per heavy atom. The molecule has 0 aliphatic carbocycles. The predicted molar refractivity (Wildman–Crippen MR) is 117 cm³/mol. The number of imide groups is 1. The largest absolute Gasteiger partial charge is 0.497 e. The maximum Gasteiger partial charge on any atom is 0.278 e. The van der Waals surface area contributed by atoms with Crippen LogP contribution in [0.25, 0.3) is 5.57 Å². The van der Waals surface area contributed by atoms with Crippen LogP contribution in [0.1, 0.15) is 30.5 Å². The van der Waals surface area contributed by atoms with Gasteiger partial charge in [0.05, 0.1) is 31.9 Å². The van der Waals surface area contributed by atoms with Gasteiger partial charge in [-0.15, -0.1) is 0 Å². The maximum atomic E-state index is 13.2. The number of aryl methyl sites for hydroxylation is 1. The molecule has 0 saturated heterocycles. The van der Waals surface area contributed by atoms with Crippen molar-refractivity contribution in [2.75, 3.05) is 25.6 Å². The van der Waals surface area contributed by atoms with Crippen molar-refractivity contribution >= 4 is 23.1 Å². The zero-order valence-corrected chi connectivity index (χ0v) is 18.1. The molecule has 6 heteroatoms. The average Bonchev–Trinajstić information content (AvgIpc) is 2.95. The number of anilines is 1. The number of ether oxygens (including phenoxy) is 2. The Morgan fingerprint density at radius 1 is 1.00 bits per heavy atom. The van der Waals surface area contributed by atoms with E-state index in [1.807, 2.05) is 45.9 Å². The van der Waals surface area contributed by atoms with Crippen LogP contribution in [0.4, 0.5) is 5.69 Å². The lowest BCUT2D eigenvalue weighted by atomic mass is 10.0. The van der Waals surface area contributed by atoms with Crippen LogP contribution in [-0.2, 0) is 14.3 Å². The topological polar surface area (TPSA) is 67.9 Å². The normalized spacial score (nSPS) is 14.1. The molecule has 0 fully saturated rings. The second kappa shape index (κ2) is 9.13. The number of rotatable bonds is 8. The van der Waals surface area contributed by atoms with Crippen molar-refractivity contribution < 1.29 is 19.1 Å². The molecule has 0 aromatic heterocycles. The first-order chi connectivity index (χ1) is 14.3. The molecule has 6 nitrogen and oxygen atoms in total. The van der Waals surface area contributed by atoms with Gasteiger partial charge in [-0.3, -0.25) is 14.5 Å². The number of nitrogens with zero attached hydrogens (tertiary/aromatic N) is 1. The molecular weight excluding hydrogens is 380 g/mol. The fourth-order valence-electron chi connectivity index (χ4n) is 3.32. The highest BCUT2D eigenvalue weighted by atomic mass is 16.5. The molecule has 0 unspecified atom stereocenters. The Labute approximate surface area is 177 Å². The number of hydrogen-bond donors (Lipinski definition) is 1. The number of hydrogen-bond acceptors (Lipinski definition) is 5. The molecule has 1 N–H and O–H groups in total. The highest BCUT2D eigenvalue weighted by Gasteiger charge is 2.39. The molecule has 1 aliphatic heterocycles. The second-order valence-electron chi connectivity index (χ2n) is 7.53. The SMILES string of the molecule is COc1ccc(C2=C(Nc3cccc(C)c3C)C(=O)N(CCOC(C)C)C2=O)cc1. The Bertz CT molecular complexity index is 977. The lowest BCUT2D eigenvalue weighted by molar-refractivity contribution is -0.137. The molecule has 2 amide bonds. The summed E-state index contributed by atoms with van der Waals surface area (Å²) in [4.78, 5) is 27.7. The number of carbonyl (C=O) groups is 2. The van der Waals surface area contributed by atoms with Gasteiger partial charge in [0.1, 0.15) is 11.4 Å². The lowest BCUT2D eigenvalue weighted by Crippen LogP contribution is -2.35. The van der Waals surface area contributed by atoms with Crippen LogP contribution < -0.4 is 10.1 Å². The van der Waals surface area contributed by atoms with Gasteiger partial charge in [0.15, 0.2) is 0 Å². The monoisotopic (exact) mass is 408 g/mol. The van der Waals surface area contributed by atoms with E-state index < -0.39 is 0 Å². The molecule has 30 heavy (non-hydrogen) atoms. The molecule has 1 aliphatic rings. The summed E-state index contributed by atoms with van der Waals surface area (Å²) in [5.41, 5.74) is 4.23. The molecule has 0 saturated carbocycles. The molecule has 2 aromatic carbocycles. The van der Waals surface area contributed by atoms with Gasteiger partial charge in [-0.2, -0.15) is 0 Å². The van der Waals surface area contributed by atoms with Crippen molar-refractivity contribution in [3.63, 3.8) is 0 Å². The van der Waals surface area contributed by atoms with Gasteiger partial charge in [0.2, 0.25) is 0 Å². The first-order valence-corrected chi connectivity index (χ1v) is 10.0. The highest BCUT2D eigenvalue weighted by Crippen LogP contribution is 2.32. The number of carbonyl (C=O) groups excluding carboxylic acids is 2. The third-order valence-electron chi connectivity index (χ3n) is 5.18. The second-order valence-corrected chi connectivity index (χ2v) is 7.53. The fraction of sp³-hybridized carbons (Fsp3) is 0.333. The van der Waals surface area contributed by atoms with Gasteiger partial charge in [0.25, 0.3) is 11.8 Å². The van der Waals surface area contributed by atoms with Gasteiger partial charge in [-0.1, -0.05) is 24.3 Å².